The summed E-state index contributed by atoms with van der Waals surface area (Å²) in [5.41, 5.74) is 1.49. The van der Waals surface area contributed by atoms with Crippen molar-refractivity contribution in [1.29, 1.82) is 0 Å². The third kappa shape index (κ3) is 3.14. The van der Waals surface area contributed by atoms with E-state index in [1.807, 2.05) is 6.07 Å². The van der Waals surface area contributed by atoms with Crippen LogP contribution in [0.15, 0.2) is 69.6 Å². The Morgan fingerprint density at radius 3 is 2.57 bits per heavy atom. The van der Waals surface area contributed by atoms with Gasteiger partial charge in [-0.3, -0.25) is 9.36 Å². The van der Waals surface area contributed by atoms with Gasteiger partial charge in [0.25, 0.3) is 5.56 Å². The van der Waals surface area contributed by atoms with Gasteiger partial charge in [0.1, 0.15) is 10.5 Å². The van der Waals surface area contributed by atoms with Gasteiger partial charge in [0.15, 0.2) is 0 Å². The van der Waals surface area contributed by atoms with Crippen molar-refractivity contribution in [3.8, 4) is 0 Å². The molecule has 2 aromatic carbocycles. The lowest BCUT2D eigenvalue weighted by Crippen LogP contribution is -2.26. The molecule has 0 N–H and O–H groups in total. The molecule has 5 rings (SSSR count). The van der Waals surface area contributed by atoms with Crippen molar-refractivity contribution < 1.29 is 4.39 Å². The van der Waals surface area contributed by atoms with E-state index < -0.39 is 0 Å². The molecule has 9 heteroatoms. The zero-order valence-corrected chi connectivity index (χ0v) is 17.0. The van der Waals surface area contributed by atoms with Gasteiger partial charge in [-0.05, 0) is 46.8 Å². The van der Waals surface area contributed by atoms with E-state index in [1.54, 1.807) is 41.8 Å². The third-order valence-electron chi connectivity index (χ3n) is 4.86. The third-order valence-corrected chi connectivity index (χ3v) is 5.99. The van der Waals surface area contributed by atoms with E-state index in [1.165, 1.54) is 37.1 Å². The summed E-state index contributed by atoms with van der Waals surface area (Å²) in [6.07, 6.45) is 0. The molecule has 0 aliphatic rings. The van der Waals surface area contributed by atoms with E-state index in [-0.39, 0.29) is 35.9 Å². The van der Waals surface area contributed by atoms with E-state index >= 15 is 0 Å². The van der Waals surface area contributed by atoms with Crippen LogP contribution in [0.2, 0.25) is 5.02 Å². The molecule has 0 amide bonds. The van der Waals surface area contributed by atoms with Crippen LogP contribution in [-0.4, -0.2) is 18.7 Å². The lowest BCUT2D eigenvalue weighted by atomic mass is 10.2. The van der Waals surface area contributed by atoms with Crippen molar-refractivity contribution in [2.45, 2.75) is 13.1 Å². The second kappa shape index (κ2) is 7.23. The molecule has 0 radical (unpaired) electrons. The lowest BCUT2D eigenvalue weighted by molar-refractivity contribution is 0.626. The van der Waals surface area contributed by atoms with Crippen LogP contribution in [0.4, 0.5) is 4.39 Å². The Hall–Kier alpha value is -3.23. The number of aromatic nitrogens is 4. The molecule has 0 saturated carbocycles. The molecule has 3 heterocycles. The summed E-state index contributed by atoms with van der Waals surface area (Å²) in [5, 5.41) is 6.80. The summed E-state index contributed by atoms with van der Waals surface area (Å²) in [4.78, 5) is 26.3. The zero-order chi connectivity index (χ0) is 20.8. The molecule has 0 saturated heterocycles. The Bertz CT molecular complexity index is 1510. The van der Waals surface area contributed by atoms with Crippen LogP contribution in [0.25, 0.3) is 16.0 Å². The second-order valence-electron chi connectivity index (χ2n) is 6.86. The zero-order valence-electron chi connectivity index (χ0n) is 15.5. The minimum absolute atomic E-state index is 0.171. The first-order valence-corrected chi connectivity index (χ1v) is 10.4. The maximum absolute atomic E-state index is 13.3. The fourth-order valence-corrected chi connectivity index (χ4v) is 4.50. The van der Waals surface area contributed by atoms with Crippen LogP contribution >= 0.6 is 22.9 Å². The van der Waals surface area contributed by atoms with Crippen LogP contribution in [-0.2, 0) is 13.1 Å². The summed E-state index contributed by atoms with van der Waals surface area (Å²) >= 11 is 7.33. The monoisotopic (exact) mass is 440 g/mol. The molecular weight excluding hydrogens is 427 g/mol. The lowest BCUT2D eigenvalue weighted by Gasteiger charge is -2.08. The number of hydrogen-bond donors (Lipinski definition) is 0. The molecule has 6 nitrogen and oxygen atoms in total. The maximum Gasteiger partial charge on any atom is 0.352 e. The summed E-state index contributed by atoms with van der Waals surface area (Å²) in [5.74, 6) is -0.116. The number of rotatable bonds is 4. The minimum atomic E-state index is -0.355. The van der Waals surface area contributed by atoms with E-state index in [0.29, 0.717) is 15.2 Å². The number of thiophene rings is 1. The number of nitrogens with zero attached hydrogens (tertiary/aromatic N) is 4. The number of halogens is 2. The molecule has 0 aliphatic carbocycles. The Labute approximate surface area is 178 Å². The maximum atomic E-state index is 13.3. The second-order valence-corrected chi connectivity index (χ2v) is 8.21. The van der Waals surface area contributed by atoms with E-state index in [0.717, 1.165) is 11.1 Å². The Morgan fingerprint density at radius 2 is 1.80 bits per heavy atom. The van der Waals surface area contributed by atoms with Gasteiger partial charge in [-0.25, -0.2) is 18.3 Å². The van der Waals surface area contributed by atoms with E-state index in [4.69, 9.17) is 11.6 Å². The fourth-order valence-electron chi connectivity index (χ4n) is 3.46. The molecule has 0 fully saturated rings. The smallest absolute Gasteiger partial charge is 0.271 e. The van der Waals surface area contributed by atoms with Crippen LogP contribution in [0.3, 0.4) is 0 Å². The summed E-state index contributed by atoms with van der Waals surface area (Å²) in [7, 11) is 0. The van der Waals surface area contributed by atoms with Gasteiger partial charge >= 0.3 is 5.69 Å². The molecule has 150 valence electrons. The predicted octanol–water partition coefficient (Wildman–Crippen LogP) is 3.76. The van der Waals surface area contributed by atoms with Gasteiger partial charge in [-0.1, -0.05) is 35.9 Å². The molecule has 0 bridgehead atoms. The first-order chi connectivity index (χ1) is 14.5. The van der Waals surface area contributed by atoms with Crippen molar-refractivity contribution in [3.63, 3.8) is 0 Å². The summed E-state index contributed by atoms with van der Waals surface area (Å²) < 4.78 is 18.0. The van der Waals surface area contributed by atoms with Crippen molar-refractivity contribution in [3.05, 3.63) is 103 Å². The topological polar surface area (TPSA) is 61.3 Å². The minimum Gasteiger partial charge on any atom is -0.271 e. The van der Waals surface area contributed by atoms with Gasteiger partial charge in [-0.2, -0.15) is 0 Å². The van der Waals surface area contributed by atoms with Crippen LogP contribution in [0.5, 0.6) is 0 Å². The molecule has 0 unspecified atom stereocenters. The van der Waals surface area contributed by atoms with Crippen LogP contribution < -0.4 is 11.2 Å². The van der Waals surface area contributed by atoms with Gasteiger partial charge < -0.3 is 0 Å². The molecule has 5 aromatic rings. The average Bonchev–Trinajstić information content (AvgIpc) is 3.32. The van der Waals surface area contributed by atoms with Gasteiger partial charge in [-0.15, -0.1) is 16.4 Å². The Balaban J connectivity index is 1.72. The van der Waals surface area contributed by atoms with Crippen molar-refractivity contribution in [2.24, 2.45) is 0 Å². The molecule has 0 atom stereocenters. The largest absolute Gasteiger partial charge is 0.352 e. The number of hydrogen-bond acceptors (Lipinski definition) is 4. The van der Waals surface area contributed by atoms with Gasteiger partial charge in [0.05, 0.1) is 18.6 Å². The molecule has 30 heavy (non-hydrogen) atoms. The number of benzene rings is 2. The standard InChI is InChI=1S/C21H14ClFN4O2S/c22-15-3-1-2-14(10-15)12-26-21(29)27-17-8-9-30-18(17)19(28)25(20(27)24-26)11-13-4-6-16(23)7-5-13/h1-10H,11-12H2. The van der Waals surface area contributed by atoms with Crippen molar-refractivity contribution in [1.82, 2.24) is 18.7 Å². The molecule has 0 aliphatic heterocycles. The van der Waals surface area contributed by atoms with Crippen molar-refractivity contribution >= 4 is 38.9 Å². The highest BCUT2D eigenvalue weighted by Crippen LogP contribution is 2.18. The predicted molar refractivity (Wildman–Crippen MR) is 115 cm³/mol. The van der Waals surface area contributed by atoms with Crippen LogP contribution in [0.1, 0.15) is 11.1 Å². The first-order valence-electron chi connectivity index (χ1n) is 9.10. The van der Waals surface area contributed by atoms with Crippen LogP contribution in [0, 0.1) is 5.82 Å². The molecular formula is C21H14ClFN4O2S. The number of fused-ring (bicyclic) bond motifs is 3. The van der Waals surface area contributed by atoms with E-state index in [9.17, 15) is 14.0 Å². The molecule has 3 aromatic heterocycles. The summed E-state index contributed by atoms with van der Waals surface area (Å²) in [6.45, 7) is 0.390. The highest BCUT2D eigenvalue weighted by molar-refractivity contribution is 7.17. The van der Waals surface area contributed by atoms with E-state index in [2.05, 4.69) is 5.10 Å². The first kappa shape index (κ1) is 18.8. The SMILES string of the molecule is O=c1c2sccc2n2c(=O)n(Cc3cccc(Cl)c3)nc2n1Cc1ccc(F)cc1. The normalized spacial score (nSPS) is 11.5. The Morgan fingerprint density at radius 1 is 1.00 bits per heavy atom. The van der Waals surface area contributed by atoms with Crippen molar-refractivity contribution in [2.75, 3.05) is 0 Å². The Kier molecular flexibility index (Phi) is 4.52. The van der Waals surface area contributed by atoms with Gasteiger partial charge in [0, 0.05) is 5.02 Å². The van der Waals surface area contributed by atoms with Gasteiger partial charge in [0.2, 0.25) is 5.78 Å². The quantitative estimate of drug-likeness (QED) is 0.427. The highest BCUT2D eigenvalue weighted by atomic mass is 35.5. The summed E-state index contributed by atoms with van der Waals surface area (Å²) in [6, 6.07) is 14.8. The average molecular weight is 441 g/mol. The molecule has 0 spiro atoms. The highest BCUT2D eigenvalue weighted by Gasteiger charge is 2.18. The fraction of sp³-hybridized carbons (Fsp3) is 0.0952.